The number of rotatable bonds is 7. The van der Waals surface area contributed by atoms with Crippen molar-refractivity contribution in [1.29, 1.82) is 0 Å². The largest absolute Gasteiger partial charge is 0.493 e. The van der Waals surface area contributed by atoms with E-state index in [-0.39, 0.29) is 18.0 Å². The minimum absolute atomic E-state index is 0.0275. The highest BCUT2D eigenvalue weighted by Crippen LogP contribution is 2.66. The summed E-state index contributed by atoms with van der Waals surface area (Å²) in [5, 5.41) is 4.33. The van der Waals surface area contributed by atoms with E-state index >= 15 is 0 Å². The second kappa shape index (κ2) is 8.42. The lowest BCUT2D eigenvalue weighted by Gasteiger charge is -2.65. The molecule has 4 aliphatic rings. The summed E-state index contributed by atoms with van der Waals surface area (Å²) < 4.78 is 26.5. The first-order valence-electron chi connectivity index (χ1n) is 11.8. The van der Waals surface area contributed by atoms with Gasteiger partial charge in [0.1, 0.15) is 12.4 Å². The lowest BCUT2D eigenvalue weighted by molar-refractivity contribution is -0.118. The maximum Gasteiger partial charge on any atom is 0.175 e. The zero-order valence-corrected chi connectivity index (χ0v) is 21.9. The van der Waals surface area contributed by atoms with E-state index in [4.69, 9.17) is 21.1 Å². The van der Waals surface area contributed by atoms with E-state index in [1.165, 1.54) is 44.6 Å². The van der Waals surface area contributed by atoms with Gasteiger partial charge >= 0.3 is 0 Å². The predicted molar refractivity (Wildman–Crippen MR) is 133 cm³/mol. The summed E-state index contributed by atoms with van der Waals surface area (Å²) in [6.45, 7) is 5.81. The number of hydrogen-bond donors (Lipinski definition) is 1. The van der Waals surface area contributed by atoms with Gasteiger partial charge in [-0.2, -0.15) is 0 Å². The lowest BCUT2D eigenvalue weighted by Crippen LogP contribution is -2.63. The van der Waals surface area contributed by atoms with Crippen LogP contribution in [-0.4, -0.2) is 12.6 Å². The Hall–Kier alpha value is -1.30. The number of hydrogen-bond acceptors (Lipinski definition) is 3. The van der Waals surface area contributed by atoms with E-state index < -0.39 is 0 Å². The van der Waals surface area contributed by atoms with Crippen LogP contribution in [-0.2, 0) is 13.2 Å². The Bertz CT molecular complexity index is 1040. The molecule has 0 aromatic heterocycles. The zero-order valence-electron chi connectivity index (χ0n) is 19.6. The average Bonchev–Trinajstić information content (AvgIpc) is 2.70. The predicted octanol–water partition coefficient (Wildman–Crippen LogP) is 7.67. The van der Waals surface area contributed by atoms with Crippen LogP contribution in [0.25, 0.3) is 0 Å². The summed E-state index contributed by atoms with van der Waals surface area (Å²) in [5.74, 6) is 1.65. The van der Waals surface area contributed by atoms with E-state index in [9.17, 15) is 4.39 Å². The minimum Gasteiger partial charge on any atom is -0.493 e. The monoisotopic (exact) mass is 535 g/mol. The van der Waals surface area contributed by atoms with Crippen molar-refractivity contribution < 1.29 is 13.9 Å². The van der Waals surface area contributed by atoms with E-state index in [0.29, 0.717) is 32.9 Å². The van der Waals surface area contributed by atoms with E-state index in [1.807, 2.05) is 6.07 Å². The maximum atomic E-state index is 14.1. The highest BCUT2D eigenvalue weighted by molar-refractivity contribution is 9.10. The van der Waals surface area contributed by atoms with E-state index in [1.54, 1.807) is 19.2 Å². The summed E-state index contributed by atoms with van der Waals surface area (Å²) >= 11 is 9.79. The van der Waals surface area contributed by atoms with Crippen LogP contribution in [0.3, 0.4) is 0 Å². The quantitative estimate of drug-likeness (QED) is 0.394. The van der Waals surface area contributed by atoms with Gasteiger partial charge in [-0.3, -0.25) is 0 Å². The summed E-state index contributed by atoms with van der Waals surface area (Å²) in [4.78, 5) is 0. The standard InChI is InChI=1S/C27H32BrClFNO2/c1-25-9-18-10-26(2,14-25)16-27(11-18,15-25)31-12-17-7-20(28)24(23(8-17)32-3)33-13-19-21(29)5-4-6-22(19)30/h4-8,18,31H,9-16H2,1-3H3/t18?,25-,26+,27?. The molecule has 6 heteroatoms. The van der Waals surface area contributed by atoms with Crippen LogP contribution in [0.2, 0.25) is 5.02 Å². The Morgan fingerprint density at radius 2 is 1.85 bits per heavy atom. The van der Waals surface area contributed by atoms with Gasteiger partial charge in [0.05, 0.1) is 16.6 Å². The van der Waals surface area contributed by atoms with Gasteiger partial charge in [0.15, 0.2) is 11.5 Å². The molecule has 4 atom stereocenters. The first-order chi connectivity index (χ1) is 15.6. The molecule has 2 aromatic carbocycles. The summed E-state index contributed by atoms with van der Waals surface area (Å²) in [6.07, 6.45) is 8.00. The average molecular weight is 537 g/mol. The first kappa shape index (κ1) is 23.4. The Morgan fingerprint density at radius 1 is 1.12 bits per heavy atom. The van der Waals surface area contributed by atoms with Crippen LogP contribution in [0, 0.1) is 22.6 Å². The van der Waals surface area contributed by atoms with Gasteiger partial charge in [-0.25, -0.2) is 4.39 Å². The molecule has 4 aliphatic carbocycles. The molecule has 6 rings (SSSR count). The molecule has 0 spiro atoms. The topological polar surface area (TPSA) is 30.5 Å². The van der Waals surface area contributed by atoms with Crippen LogP contribution < -0.4 is 14.8 Å². The van der Waals surface area contributed by atoms with Crippen LogP contribution in [0.4, 0.5) is 4.39 Å². The number of ether oxygens (including phenoxy) is 2. The van der Waals surface area contributed by atoms with Crippen molar-refractivity contribution in [3.63, 3.8) is 0 Å². The van der Waals surface area contributed by atoms with Crippen molar-refractivity contribution in [1.82, 2.24) is 5.32 Å². The fourth-order valence-electron chi connectivity index (χ4n) is 7.76. The summed E-state index contributed by atoms with van der Waals surface area (Å²) in [7, 11) is 1.63. The Kier molecular flexibility index (Phi) is 5.98. The fourth-order valence-corrected chi connectivity index (χ4v) is 8.59. The third-order valence-corrected chi connectivity index (χ3v) is 8.95. The van der Waals surface area contributed by atoms with E-state index in [0.717, 1.165) is 22.5 Å². The number of benzene rings is 2. The smallest absolute Gasteiger partial charge is 0.175 e. The van der Waals surface area contributed by atoms with Crippen molar-refractivity contribution in [3.8, 4) is 11.5 Å². The number of nitrogens with one attached hydrogen (secondary N) is 1. The van der Waals surface area contributed by atoms with Gasteiger partial charge in [0, 0.05) is 17.6 Å². The summed E-state index contributed by atoms with van der Waals surface area (Å²) in [6, 6.07) is 8.72. The molecular weight excluding hydrogens is 505 g/mol. The molecule has 33 heavy (non-hydrogen) atoms. The molecule has 2 unspecified atom stereocenters. The first-order valence-corrected chi connectivity index (χ1v) is 13.0. The molecule has 0 amide bonds. The number of halogens is 3. The second-order valence-electron chi connectivity index (χ2n) is 11.4. The highest BCUT2D eigenvalue weighted by Gasteiger charge is 2.59. The van der Waals surface area contributed by atoms with Crippen LogP contribution in [0.5, 0.6) is 11.5 Å². The second-order valence-corrected chi connectivity index (χ2v) is 12.6. The molecule has 178 valence electrons. The molecule has 3 nitrogen and oxygen atoms in total. The van der Waals surface area contributed by atoms with E-state index in [2.05, 4.69) is 41.2 Å². The number of methoxy groups -OCH3 is 1. The molecule has 0 saturated heterocycles. The molecule has 0 aliphatic heterocycles. The van der Waals surface area contributed by atoms with Crippen LogP contribution in [0.15, 0.2) is 34.8 Å². The van der Waals surface area contributed by atoms with Crippen molar-refractivity contribution in [3.05, 3.63) is 56.8 Å². The third kappa shape index (κ3) is 4.53. The molecular formula is C27H32BrClFNO2. The molecule has 0 radical (unpaired) electrons. The normalized spacial score (nSPS) is 32.2. The van der Waals surface area contributed by atoms with Crippen molar-refractivity contribution in [2.75, 3.05) is 7.11 Å². The van der Waals surface area contributed by atoms with Crippen LogP contribution in [0.1, 0.15) is 63.5 Å². The SMILES string of the molecule is COc1cc(CNC23CC4C[C@@](C)(C2)C[C@](C)(C4)C3)cc(Br)c1OCc1c(F)cccc1Cl. The van der Waals surface area contributed by atoms with Gasteiger partial charge in [0.2, 0.25) is 0 Å². The van der Waals surface area contributed by atoms with Gasteiger partial charge in [0.25, 0.3) is 0 Å². The Balaban J connectivity index is 1.32. The maximum absolute atomic E-state index is 14.1. The van der Waals surface area contributed by atoms with Gasteiger partial charge < -0.3 is 14.8 Å². The van der Waals surface area contributed by atoms with Crippen molar-refractivity contribution in [2.45, 2.75) is 71.1 Å². The van der Waals surface area contributed by atoms with Gasteiger partial charge in [-0.05, 0) is 101 Å². The Morgan fingerprint density at radius 3 is 2.48 bits per heavy atom. The lowest BCUT2D eigenvalue weighted by atomic mass is 9.43. The highest BCUT2D eigenvalue weighted by atomic mass is 79.9. The minimum atomic E-state index is -0.378. The van der Waals surface area contributed by atoms with Crippen LogP contribution >= 0.6 is 27.5 Å². The molecule has 0 heterocycles. The van der Waals surface area contributed by atoms with Crippen molar-refractivity contribution >= 4 is 27.5 Å². The molecule has 4 bridgehead atoms. The Labute approximate surface area is 209 Å². The summed E-state index contributed by atoms with van der Waals surface area (Å²) in [5.41, 5.74) is 2.67. The van der Waals surface area contributed by atoms with Gasteiger partial charge in [-0.1, -0.05) is 31.5 Å². The molecule has 1 N–H and O–H groups in total. The van der Waals surface area contributed by atoms with Gasteiger partial charge in [-0.15, -0.1) is 0 Å². The fraction of sp³-hybridized carbons (Fsp3) is 0.556. The van der Waals surface area contributed by atoms with Crippen molar-refractivity contribution in [2.24, 2.45) is 16.7 Å². The third-order valence-electron chi connectivity index (χ3n) is 8.01. The zero-order chi connectivity index (χ0) is 23.4. The molecule has 2 aromatic rings. The molecule has 4 fully saturated rings. The molecule has 4 saturated carbocycles.